The van der Waals surface area contributed by atoms with E-state index in [9.17, 15) is 14.4 Å². The maximum atomic E-state index is 12.9. The van der Waals surface area contributed by atoms with Gasteiger partial charge in [-0.2, -0.15) is 0 Å². The maximum Gasteiger partial charge on any atom is 0.410 e. The summed E-state index contributed by atoms with van der Waals surface area (Å²) in [5.74, 6) is -0.280. The highest BCUT2D eigenvalue weighted by Crippen LogP contribution is 2.06. The van der Waals surface area contributed by atoms with Crippen molar-refractivity contribution in [3.8, 4) is 0 Å². The molecule has 43 heavy (non-hydrogen) atoms. The number of benzene rings is 3. The van der Waals surface area contributed by atoms with Gasteiger partial charge in [-0.05, 0) is 36.0 Å². The third kappa shape index (κ3) is 13.9. The van der Waals surface area contributed by atoms with Crippen LogP contribution in [0.3, 0.4) is 0 Å². The van der Waals surface area contributed by atoms with Crippen LogP contribution < -0.4 is 16.4 Å². The van der Waals surface area contributed by atoms with E-state index in [1.807, 2.05) is 91.0 Å². The van der Waals surface area contributed by atoms with Crippen LogP contribution >= 0.6 is 0 Å². The fourth-order valence-electron chi connectivity index (χ4n) is 4.06. The van der Waals surface area contributed by atoms with E-state index in [0.29, 0.717) is 52.0 Å². The standard InChI is InChI=1S/C33H42N4O6/c34-30(26-41-23-27-13-4-1-5-14-27)31(38)35-19-10-11-21-37(33(40)43-25-29-17-8-3-9-18-29)22-12-20-36-32(39)42-24-28-15-6-2-7-16-28/h1-9,13-18,30H,10-12,19-26,34H2,(H,35,38)(H,36,39)/t30-/m0/s1. The highest BCUT2D eigenvalue weighted by atomic mass is 16.6. The molecule has 0 aliphatic rings. The number of ether oxygens (including phenoxy) is 3. The maximum absolute atomic E-state index is 12.9. The van der Waals surface area contributed by atoms with Gasteiger partial charge in [-0.15, -0.1) is 0 Å². The van der Waals surface area contributed by atoms with Crippen LogP contribution in [0.4, 0.5) is 9.59 Å². The molecule has 0 heterocycles. The van der Waals surface area contributed by atoms with Crippen molar-refractivity contribution in [1.29, 1.82) is 0 Å². The zero-order valence-electron chi connectivity index (χ0n) is 24.5. The lowest BCUT2D eigenvalue weighted by Crippen LogP contribution is -2.44. The summed E-state index contributed by atoms with van der Waals surface area (Å²) in [5.41, 5.74) is 8.77. The number of nitrogens with zero attached hydrogens (tertiary/aromatic N) is 1. The van der Waals surface area contributed by atoms with E-state index in [0.717, 1.165) is 16.7 Å². The average molecular weight is 591 g/mol. The van der Waals surface area contributed by atoms with Crippen LogP contribution in [0.15, 0.2) is 91.0 Å². The Hall–Kier alpha value is -4.41. The second kappa shape index (κ2) is 19.7. The van der Waals surface area contributed by atoms with E-state index in [-0.39, 0.29) is 25.7 Å². The molecule has 10 heteroatoms. The highest BCUT2D eigenvalue weighted by Gasteiger charge is 2.16. The number of amides is 3. The number of carbonyl (C=O) groups excluding carboxylic acids is 3. The number of rotatable bonds is 18. The normalized spacial score (nSPS) is 11.3. The summed E-state index contributed by atoms with van der Waals surface area (Å²) in [6.07, 6.45) is 0.872. The second-order valence-electron chi connectivity index (χ2n) is 9.97. The molecule has 0 saturated carbocycles. The van der Waals surface area contributed by atoms with Gasteiger partial charge in [-0.25, -0.2) is 9.59 Å². The molecule has 3 rings (SSSR count). The zero-order chi connectivity index (χ0) is 30.5. The summed E-state index contributed by atoms with van der Waals surface area (Å²) in [6, 6.07) is 27.8. The van der Waals surface area contributed by atoms with Crippen LogP contribution in [0, 0.1) is 0 Å². The highest BCUT2D eigenvalue weighted by molar-refractivity contribution is 5.81. The summed E-state index contributed by atoms with van der Waals surface area (Å²) in [6.45, 7) is 2.46. The Morgan fingerprint density at radius 3 is 1.77 bits per heavy atom. The summed E-state index contributed by atoms with van der Waals surface area (Å²) in [4.78, 5) is 38.8. The molecule has 3 aromatic rings. The van der Waals surface area contributed by atoms with Gasteiger partial charge in [0.05, 0.1) is 13.2 Å². The molecular weight excluding hydrogens is 548 g/mol. The number of alkyl carbamates (subject to hydrolysis) is 1. The molecule has 0 aromatic heterocycles. The van der Waals surface area contributed by atoms with Gasteiger partial charge in [-0.1, -0.05) is 91.0 Å². The lowest BCUT2D eigenvalue weighted by Gasteiger charge is -2.22. The molecular formula is C33H42N4O6. The van der Waals surface area contributed by atoms with Crippen molar-refractivity contribution in [2.45, 2.75) is 45.1 Å². The minimum atomic E-state index is -0.764. The van der Waals surface area contributed by atoms with Crippen molar-refractivity contribution < 1.29 is 28.6 Å². The van der Waals surface area contributed by atoms with Crippen LogP contribution in [0.1, 0.15) is 36.0 Å². The molecule has 230 valence electrons. The van der Waals surface area contributed by atoms with Crippen molar-refractivity contribution >= 4 is 18.1 Å². The Morgan fingerprint density at radius 1 is 0.651 bits per heavy atom. The van der Waals surface area contributed by atoms with Crippen LogP contribution in [0.5, 0.6) is 0 Å². The predicted molar refractivity (Wildman–Crippen MR) is 164 cm³/mol. The number of hydrogen-bond donors (Lipinski definition) is 3. The quantitative estimate of drug-likeness (QED) is 0.187. The minimum Gasteiger partial charge on any atom is -0.445 e. The number of nitrogens with two attached hydrogens (primary N) is 1. The van der Waals surface area contributed by atoms with E-state index >= 15 is 0 Å². The summed E-state index contributed by atoms with van der Waals surface area (Å²) >= 11 is 0. The van der Waals surface area contributed by atoms with Crippen LogP contribution in [0.2, 0.25) is 0 Å². The first kappa shape index (κ1) is 33.1. The van der Waals surface area contributed by atoms with Crippen LogP contribution in [-0.4, -0.2) is 61.8 Å². The monoisotopic (exact) mass is 590 g/mol. The molecule has 0 radical (unpaired) electrons. The van der Waals surface area contributed by atoms with Crippen molar-refractivity contribution in [2.75, 3.05) is 32.8 Å². The first-order valence-electron chi connectivity index (χ1n) is 14.6. The van der Waals surface area contributed by atoms with Gasteiger partial charge in [0, 0.05) is 26.2 Å². The lowest BCUT2D eigenvalue weighted by molar-refractivity contribution is -0.123. The Morgan fingerprint density at radius 2 is 1.16 bits per heavy atom. The first-order valence-corrected chi connectivity index (χ1v) is 14.6. The van der Waals surface area contributed by atoms with Gasteiger partial charge in [-0.3, -0.25) is 4.79 Å². The molecule has 0 fully saturated rings. The zero-order valence-corrected chi connectivity index (χ0v) is 24.5. The number of hydrogen-bond acceptors (Lipinski definition) is 7. The van der Waals surface area contributed by atoms with Gasteiger partial charge in [0.25, 0.3) is 0 Å². The Kier molecular flexibility index (Phi) is 15.1. The van der Waals surface area contributed by atoms with Crippen LogP contribution in [0.25, 0.3) is 0 Å². The van der Waals surface area contributed by atoms with E-state index in [4.69, 9.17) is 19.9 Å². The molecule has 0 aliphatic carbocycles. The van der Waals surface area contributed by atoms with E-state index in [2.05, 4.69) is 10.6 Å². The van der Waals surface area contributed by atoms with Crippen LogP contribution in [-0.2, 0) is 38.8 Å². The molecule has 1 atom stereocenters. The summed E-state index contributed by atoms with van der Waals surface area (Å²) < 4.78 is 16.3. The van der Waals surface area contributed by atoms with Crippen molar-refractivity contribution in [1.82, 2.24) is 15.5 Å². The van der Waals surface area contributed by atoms with E-state index in [1.165, 1.54) is 0 Å². The van der Waals surface area contributed by atoms with Gasteiger partial charge in [0.15, 0.2) is 0 Å². The third-order valence-corrected chi connectivity index (χ3v) is 6.45. The molecule has 0 saturated heterocycles. The smallest absolute Gasteiger partial charge is 0.410 e. The Bertz CT molecular complexity index is 1210. The molecule has 0 aliphatic heterocycles. The minimum absolute atomic E-state index is 0.121. The number of carbonyl (C=O) groups is 3. The predicted octanol–water partition coefficient (Wildman–Crippen LogP) is 4.38. The van der Waals surface area contributed by atoms with Crippen molar-refractivity contribution in [3.05, 3.63) is 108 Å². The lowest BCUT2D eigenvalue weighted by atomic mass is 10.2. The summed E-state index contributed by atoms with van der Waals surface area (Å²) in [5, 5.41) is 5.55. The second-order valence-corrected chi connectivity index (χ2v) is 9.97. The number of unbranched alkanes of at least 4 members (excludes halogenated alkanes) is 1. The summed E-state index contributed by atoms with van der Waals surface area (Å²) in [7, 11) is 0. The van der Waals surface area contributed by atoms with Gasteiger partial charge < -0.3 is 35.5 Å². The molecule has 4 N–H and O–H groups in total. The Balaban J connectivity index is 1.35. The molecule has 3 amide bonds. The molecule has 10 nitrogen and oxygen atoms in total. The van der Waals surface area contributed by atoms with Crippen molar-refractivity contribution in [2.24, 2.45) is 5.73 Å². The average Bonchev–Trinajstić information content (AvgIpc) is 3.04. The van der Waals surface area contributed by atoms with E-state index < -0.39 is 18.2 Å². The SMILES string of the molecule is N[C@@H](COCc1ccccc1)C(=O)NCCCCN(CCCNC(=O)OCc1ccccc1)C(=O)OCc1ccccc1. The first-order chi connectivity index (χ1) is 21.0. The topological polar surface area (TPSA) is 132 Å². The Labute approximate surface area is 253 Å². The largest absolute Gasteiger partial charge is 0.445 e. The fourth-order valence-corrected chi connectivity index (χ4v) is 4.06. The molecule has 0 bridgehead atoms. The third-order valence-electron chi connectivity index (χ3n) is 6.45. The van der Waals surface area contributed by atoms with Gasteiger partial charge in [0.2, 0.25) is 5.91 Å². The molecule has 0 spiro atoms. The molecule has 0 unspecified atom stereocenters. The van der Waals surface area contributed by atoms with Gasteiger partial charge in [0.1, 0.15) is 19.3 Å². The fraction of sp³-hybridized carbons (Fsp3) is 0.364. The van der Waals surface area contributed by atoms with E-state index in [1.54, 1.807) is 4.90 Å². The van der Waals surface area contributed by atoms with Gasteiger partial charge >= 0.3 is 12.2 Å². The molecule has 3 aromatic carbocycles. The number of nitrogens with one attached hydrogen (secondary N) is 2. The van der Waals surface area contributed by atoms with Crippen molar-refractivity contribution in [3.63, 3.8) is 0 Å².